The van der Waals surface area contributed by atoms with Crippen LogP contribution >= 0.6 is 0 Å². The Morgan fingerprint density at radius 3 is 0.634 bits per heavy atom. The van der Waals surface area contributed by atoms with E-state index in [0.29, 0.717) is 5.92 Å². The average molecular weight is 1540 g/mol. The van der Waals surface area contributed by atoms with Gasteiger partial charge in [0.2, 0.25) is 0 Å². The zero-order chi connectivity index (χ0) is 84.1. The van der Waals surface area contributed by atoms with Crippen molar-refractivity contribution in [1.82, 2.24) is 0 Å². The third-order valence-electron chi connectivity index (χ3n) is 19.9. The molecule has 0 bridgehead atoms. The fourth-order valence-electron chi connectivity index (χ4n) is 12.2. The van der Waals surface area contributed by atoms with Crippen LogP contribution in [-0.4, -0.2) is 0 Å². The van der Waals surface area contributed by atoms with Gasteiger partial charge < -0.3 is 0 Å². The van der Waals surface area contributed by atoms with Crippen molar-refractivity contribution < 1.29 is 2.74 Å². The van der Waals surface area contributed by atoms with Gasteiger partial charge >= 0.3 is 0 Å². The smallest absolute Gasteiger partial charge is 0.0352 e. The highest BCUT2D eigenvalue weighted by atomic mass is 14.3. The minimum Gasteiger partial charge on any atom is -0.0776 e. The molecule has 0 saturated carbocycles. The second kappa shape index (κ2) is 46.5. The first-order chi connectivity index (χ1) is 47.6. The lowest BCUT2D eigenvalue weighted by Gasteiger charge is -2.32. The molecule has 0 heterocycles. The van der Waals surface area contributed by atoms with Crippen LogP contribution in [0.25, 0.3) is 0 Å². The number of hydrogen-bond donors (Lipinski definition) is 0. The van der Waals surface area contributed by atoms with Gasteiger partial charge in [0, 0.05) is 2.74 Å². The normalized spacial score (nSPS) is 12.6. The van der Waals surface area contributed by atoms with E-state index in [1.807, 2.05) is 13.8 Å². The summed E-state index contributed by atoms with van der Waals surface area (Å²) in [5.41, 5.74) is 25.1. The summed E-state index contributed by atoms with van der Waals surface area (Å²) in [7, 11) is 0. The van der Waals surface area contributed by atoms with Gasteiger partial charge in [-0.2, -0.15) is 0 Å². The summed E-state index contributed by atoms with van der Waals surface area (Å²) in [6.07, 6.45) is 1.74. The predicted octanol–water partition coefficient (Wildman–Crippen LogP) is 37.3. The standard InChI is InChI=1S/2C18H30.C15H24.2C14H22.2C13H20.7CH4/c1-16(2,3)13-10-14(17(4,5)6)12-15(11-13)18(7,8)9;1-16(2,3)13-10-11-14(17(4,5)6)15(12-13)18(7,8)9;1-6-12(7-2)13-10-8-9-11-14(13)15(3,4)5;1-13(2,3)11-7-9-12(10-8-11)14(4,5)6;1-13(2,3)11-9-7-8-10-12(11)14(4,5)6;2*1-10(2)11-6-8-12(9-7-11)13(3,4)5;;;;;;;/h2*10-12H,1-9H3;8-12H,6-7H2,1-5H3;2*7-10H,1-6H3;2*6-10H,1-5H3;7*1H4/i;;12D;;;10D;;;;;;;;. The van der Waals surface area contributed by atoms with E-state index in [2.05, 4.69) is 455 Å². The van der Waals surface area contributed by atoms with Crippen molar-refractivity contribution in [2.45, 2.75) is 464 Å². The molecule has 7 rings (SSSR count). The molecule has 0 aliphatic heterocycles. The summed E-state index contributed by atoms with van der Waals surface area (Å²) in [5.74, 6) is -0.283. The molecule has 644 valence electrons. The van der Waals surface area contributed by atoms with Crippen molar-refractivity contribution in [3.8, 4) is 0 Å². The molecular weight excluding hydrogens is 1350 g/mol. The number of hydrogen-bond acceptors (Lipinski definition) is 0. The van der Waals surface area contributed by atoms with Crippen molar-refractivity contribution in [2.75, 3.05) is 0 Å². The van der Waals surface area contributed by atoms with Crippen LogP contribution in [-0.2, 0) is 70.4 Å². The van der Waals surface area contributed by atoms with E-state index >= 15 is 0 Å². The summed E-state index contributed by atoms with van der Waals surface area (Å²) < 4.78 is 16.5. The molecule has 0 N–H and O–H groups in total. The molecule has 0 saturated heterocycles. The van der Waals surface area contributed by atoms with Gasteiger partial charge in [0.1, 0.15) is 0 Å². The molecule has 0 aliphatic rings. The van der Waals surface area contributed by atoms with E-state index in [-0.39, 0.29) is 122 Å². The van der Waals surface area contributed by atoms with E-state index < -0.39 is 11.8 Å². The van der Waals surface area contributed by atoms with Gasteiger partial charge in [0.15, 0.2) is 0 Å². The van der Waals surface area contributed by atoms with Crippen molar-refractivity contribution in [1.29, 1.82) is 0 Å². The van der Waals surface area contributed by atoms with E-state index in [1.165, 1.54) is 83.5 Å². The second-order valence-electron chi connectivity index (χ2n) is 44.1. The molecule has 0 amide bonds. The first kappa shape index (κ1) is 115. The molecule has 0 aromatic heterocycles. The Bertz CT molecular complexity index is 3500. The van der Waals surface area contributed by atoms with E-state index in [4.69, 9.17) is 2.74 Å². The Hall–Kier alpha value is -5.46. The molecule has 0 aliphatic carbocycles. The van der Waals surface area contributed by atoms with Gasteiger partial charge in [0.05, 0.1) is 0 Å². The minimum absolute atomic E-state index is 0. The average Bonchev–Trinajstić information content (AvgIpc) is 0.806. The molecule has 0 fully saturated rings. The molecule has 7 aromatic carbocycles. The van der Waals surface area contributed by atoms with Crippen molar-refractivity contribution in [3.05, 3.63) is 247 Å². The Morgan fingerprint density at radius 1 is 0.214 bits per heavy atom. The lowest BCUT2D eigenvalue weighted by molar-refractivity contribution is 0.523. The molecule has 0 radical (unpaired) electrons. The summed E-state index contributed by atoms with van der Waals surface area (Å²) in [5, 5.41) is 0. The maximum atomic E-state index is 8.58. The lowest BCUT2D eigenvalue weighted by Crippen LogP contribution is -2.23. The van der Waals surface area contributed by atoms with Gasteiger partial charge in [0.25, 0.3) is 0 Å². The predicted molar refractivity (Wildman–Crippen MR) is 527 cm³/mol. The molecule has 7 aromatic rings. The van der Waals surface area contributed by atoms with Crippen LogP contribution in [0.2, 0.25) is 0 Å². The van der Waals surface area contributed by atoms with E-state index in [0.717, 1.165) is 18.4 Å². The fourth-order valence-corrected chi connectivity index (χ4v) is 12.2. The van der Waals surface area contributed by atoms with Gasteiger partial charge in [-0.05, 0) is 190 Å². The second-order valence-corrected chi connectivity index (χ2v) is 44.1. The van der Waals surface area contributed by atoms with Crippen LogP contribution in [0.3, 0.4) is 0 Å². The van der Waals surface area contributed by atoms with Gasteiger partial charge in [-0.1, -0.05) is 521 Å². The SMILES string of the molecule is C.C.C.C.C.C.C.CC(C)(C)c1cc(C(C)(C)C)cc(C(C)(C)C)c1.CC(C)(C)c1ccc(C(C)(C)C)c(C(C)(C)C)c1.CC(C)(C)c1ccc(C(C)(C)C)cc1.CC(C)(C)c1ccccc1C(C)(C)C.CC(C)c1ccc(C(C)(C)C)cc1.[2H]C(C)(C)c1ccc(C(C)(C)C)cc1.[2H]C(CC)(CC)c1ccccc1C(C)(C)C. The zero-order valence-electron chi connectivity index (χ0n) is 79.5. The van der Waals surface area contributed by atoms with E-state index in [9.17, 15) is 0 Å². The van der Waals surface area contributed by atoms with Crippen LogP contribution in [0.15, 0.2) is 158 Å². The van der Waals surface area contributed by atoms with Crippen molar-refractivity contribution in [3.63, 3.8) is 0 Å². The van der Waals surface area contributed by atoms with Crippen LogP contribution in [0, 0.1) is 0 Å². The third kappa shape index (κ3) is 40.9. The highest BCUT2D eigenvalue weighted by Gasteiger charge is 2.30. The quantitative estimate of drug-likeness (QED) is 0.161. The van der Waals surface area contributed by atoms with E-state index in [1.54, 1.807) is 0 Å². The van der Waals surface area contributed by atoms with Crippen LogP contribution in [0.5, 0.6) is 0 Å². The first-order valence-corrected chi connectivity index (χ1v) is 40.4. The summed E-state index contributed by atoms with van der Waals surface area (Å²) in [6.45, 7) is 101. The summed E-state index contributed by atoms with van der Waals surface area (Å²) in [6, 6.07) is 57.8. The van der Waals surface area contributed by atoms with Gasteiger partial charge in [-0.3, -0.25) is 0 Å². The molecule has 0 unspecified atom stereocenters. The Balaban J connectivity index is -0.000000233. The van der Waals surface area contributed by atoms with Gasteiger partial charge in [-0.15, -0.1) is 0 Å². The highest BCUT2D eigenvalue weighted by molar-refractivity contribution is 5.44. The molecule has 0 spiro atoms. The summed E-state index contributed by atoms with van der Waals surface area (Å²) >= 11 is 0. The number of rotatable bonds is 5. The fraction of sp³-hybridized carbons (Fsp3) is 0.625. The monoisotopic (exact) mass is 1540 g/mol. The molecular formula is C112H196. The van der Waals surface area contributed by atoms with Crippen molar-refractivity contribution in [2.24, 2.45) is 0 Å². The Morgan fingerprint density at radius 2 is 0.420 bits per heavy atom. The Labute approximate surface area is 709 Å². The molecule has 0 nitrogen and oxygen atoms in total. The molecule has 0 atom stereocenters. The topological polar surface area (TPSA) is 0 Å². The highest BCUT2D eigenvalue weighted by Crippen LogP contribution is 2.40. The molecule has 0 heteroatoms. The van der Waals surface area contributed by atoms with Crippen LogP contribution < -0.4 is 0 Å². The first-order valence-electron chi connectivity index (χ1n) is 41.4. The van der Waals surface area contributed by atoms with Crippen LogP contribution in [0.4, 0.5) is 0 Å². The maximum absolute atomic E-state index is 8.58. The third-order valence-corrected chi connectivity index (χ3v) is 19.9. The summed E-state index contributed by atoms with van der Waals surface area (Å²) in [4.78, 5) is 0. The lowest BCUT2D eigenvalue weighted by atomic mass is 9.73. The number of benzene rings is 7. The van der Waals surface area contributed by atoms with Crippen LogP contribution in [0.1, 0.15) is 486 Å². The Kier molecular flexibility index (Phi) is 47.8. The zero-order valence-corrected chi connectivity index (χ0v) is 77.5. The largest absolute Gasteiger partial charge is 0.0776 e. The minimum atomic E-state index is -0.490. The van der Waals surface area contributed by atoms with Crippen molar-refractivity contribution >= 4 is 0 Å². The maximum Gasteiger partial charge on any atom is 0.0352 e. The van der Waals surface area contributed by atoms with Gasteiger partial charge in [-0.25, -0.2) is 0 Å². The molecule has 112 heavy (non-hydrogen) atoms.